The normalized spacial score (nSPS) is 24.5. The lowest BCUT2D eigenvalue weighted by atomic mass is 10.1. The highest BCUT2D eigenvalue weighted by molar-refractivity contribution is 5.78. The largest absolute Gasteiger partial charge is 0.340 e. The number of likely N-dealkylation sites (N-methyl/N-ethyl adjacent to an activating group) is 1. The average Bonchev–Trinajstić information content (AvgIpc) is 3.38. The molecule has 0 saturated carbocycles. The average molecular weight is 435 g/mol. The number of hydrogen-bond acceptors (Lipinski definition) is 8. The first kappa shape index (κ1) is 17.9. The molecular formula is C20H25F2N7O2. The van der Waals surface area contributed by atoms with Crippen LogP contribution in [0.15, 0.2) is 4.52 Å². The van der Waals surface area contributed by atoms with Gasteiger partial charge >= 0.3 is 0 Å². The lowest BCUT2D eigenvalue weighted by Crippen LogP contribution is -2.47. The molecule has 2 fully saturated rings. The van der Waals surface area contributed by atoms with E-state index in [0.29, 0.717) is 32.7 Å². The number of piperazine rings is 1. The van der Waals surface area contributed by atoms with Crippen molar-refractivity contribution in [2.45, 2.75) is 44.5 Å². The van der Waals surface area contributed by atoms with Crippen molar-refractivity contribution in [1.82, 2.24) is 29.9 Å². The second-order valence-electron chi connectivity index (χ2n) is 8.38. The smallest absolute Gasteiger partial charge is 0.290 e. The Hall–Kier alpha value is -2.69. The van der Waals surface area contributed by atoms with Crippen molar-refractivity contribution in [3.8, 4) is 11.5 Å². The van der Waals surface area contributed by atoms with E-state index in [1.165, 1.54) is 4.90 Å². The van der Waals surface area contributed by atoms with Crippen LogP contribution in [0.25, 0.3) is 11.5 Å². The third kappa shape index (κ3) is 3.64. The molecule has 0 unspecified atom stereocenters. The Morgan fingerprint density at radius 3 is 2.68 bits per heavy atom. The van der Waals surface area contributed by atoms with E-state index < -0.39 is 30.5 Å². The number of amides is 1. The lowest BCUT2D eigenvalue weighted by molar-refractivity contribution is -0.132. The molecule has 3 aliphatic rings. The lowest BCUT2D eigenvalue weighted by Gasteiger charge is -2.39. The van der Waals surface area contributed by atoms with Crippen molar-refractivity contribution in [3.63, 3.8) is 0 Å². The highest BCUT2D eigenvalue weighted by Gasteiger charge is 2.44. The molecule has 0 aromatic carbocycles. The Morgan fingerprint density at radius 2 is 2.00 bits per heavy atom. The second-order valence-corrected chi connectivity index (χ2v) is 8.38. The second kappa shape index (κ2) is 7.47. The molecule has 11 heteroatoms. The number of alkyl halides is 2. The summed E-state index contributed by atoms with van der Waals surface area (Å²) < 4.78 is 50.9. The zero-order valence-electron chi connectivity index (χ0n) is 19.4. The van der Waals surface area contributed by atoms with Crippen LogP contribution in [-0.4, -0.2) is 81.6 Å². The summed E-state index contributed by atoms with van der Waals surface area (Å²) in [6, 6.07) is 0.127. The Balaban J connectivity index is 1.49. The van der Waals surface area contributed by atoms with Crippen LogP contribution < -0.4 is 4.90 Å². The maximum atomic E-state index is 14.5. The van der Waals surface area contributed by atoms with Crippen molar-refractivity contribution in [2.24, 2.45) is 0 Å². The topological polar surface area (TPSA) is 91.5 Å². The number of rotatable bonds is 4. The summed E-state index contributed by atoms with van der Waals surface area (Å²) in [5.74, 6) is -4.32. The molecule has 1 amide bonds. The number of fused-ring (bicyclic) bond motifs is 1. The van der Waals surface area contributed by atoms with Gasteiger partial charge in [-0.15, -0.1) is 0 Å². The Morgan fingerprint density at radius 1 is 1.23 bits per heavy atom. The molecule has 9 nitrogen and oxygen atoms in total. The molecule has 166 valence electrons. The van der Waals surface area contributed by atoms with E-state index in [0.717, 1.165) is 6.42 Å². The molecule has 0 radical (unpaired) electrons. The van der Waals surface area contributed by atoms with Gasteiger partial charge in [-0.25, -0.2) is 9.97 Å². The van der Waals surface area contributed by atoms with Crippen molar-refractivity contribution < 1.29 is 20.8 Å². The number of nitrogens with zero attached hydrogens (tertiary/aromatic N) is 7. The predicted octanol–water partition coefficient (Wildman–Crippen LogP) is 1.48. The van der Waals surface area contributed by atoms with Gasteiger partial charge in [0.05, 0.1) is 0 Å². The molecule has 1 atom stereocenters. The Kier molecular flexibility index (Phi) is 4.32. The van der Waals surface area contributed by atoms with Gasteiger partial charge in [0.1, 0.15) is 17.8 Å². The summed E-state index contributed by atoms with van der Waals surface area (Å²) in [7, 11) is 1.93. The fourth-order valence-corrected chi connectivity index (χ4v) is 4.09. The van der Waals surface area contributed by atoms with Gasteiger partial charge in [0.25, 0.3) is 5.92 Å². The summed E-state index contributed by atoms with van der Waals surface area (Å²) in [6.45, 7) is 4.67. The van der Waals surface area contributed by atoms with Crippen LogP contribution in [-0.2, 0) is 23.5 Å². The van der Waals surface area contributed by atoms with Gasteiger partial charge in [0.15, 0.2) is 0 Å². The van der Waals surface area contributed by atoms with Gasteiger partial charge in [-0.05, 0) is 26.8 Å². The molecule has 0 bridgehead atoms. The van der Waals surface area contributed by atoms with E-state index in [4.69, 9.17) is 7.26 Å². The summed E-state index contributed by atoms with van der Waals surface area (Å²) in [4.78, 5) is 30.9. The van der Waals surface area contributed by atoms with Crippen LogP contribution in [0.1, 0.15) is 39.7 Å². The van der Waals surface area contributed by atoms with Crippen molar-refractivity contribution in [1.29, 1.82) is 0 Å². The molecule has 2 saturated heterocycles. The zero-order valence-corrected chi connectivity index (χ0v) is 17.4. The van der Waals surface area contributed by atoms with Gasteiger partial charge in [-0.3, -0.25) is 4.79 Å². The standard InChI is InChI=1S/C20H25F2N7O2/c1-12-4-6-29(12)19-24-16(13-3-5-20(21,22)17(13)25-19)18-23-14(31-26-18)11-15(30)28-9-7-27(2)8-10-28/h12H,3-11H2,1-2H3/t12-/m0/s1/i11D2. The fourth-order valence-electron chi connectivity index (χ4n) is 4.09. The Bertz CT molecular complexity index is 1090. The molecule has 31 heavy (non-hydrogen) atoms. The first-order valence-corrected chi connectivity index (χ1v) is 10.5. The van der Waals surface area contributed by atoms with Gasteiger partial charge in [-0.2, -0.15) is 13.8 Å². The number of halogens is 2. The molecule has 2 aromatic heterocycles. The van der Waals surface area contributed by atoms with Crippen LogP contribution in [0.3, 0.4) is 0 Å². The predicted molar refractivity (Wildman–Crippen MR) is 107 cm³/mol. The third-order valence-corrected chi connectivity index (χ3v) is 6.25. The monoisotopic (exact) mass is 435 g/mol. The SMILES string of the molecule is [2H]C([2H])(C(=O)N1CCN(C)CC1)c1nc(-c2nc(N3CC[C@@H]3C)nc3c2CCC3(F)F)no1. The van der Waals surface area contributed by atoms with Crippen LogP contribution in [0, 0.1) is 0 Å². The zero-order chi connectivity index (χ0) is 23.5. The molecule has 0 spiro atoms. The molecule has 1 aliphatic carbocycles. The minimum atomic E-state index is -3.09. The summed E-state index contributed by atoms with van der Waals surface area (Å²) in [6.07, 6.45) is -1.98. The number of carbonyl (C=O) groups is 1. The molecular weight excluding hydrogens is 408 g/mol. The fraction of sp³-hybridized carbons (Fsp3) is 0.650. The van der Waals surface area contributed by atoms with Gasteiger partial charge in [-0.1, -0.05) is 5.16 Å². The molecule has 4 heterocycles. The molecule has 2 aromatic rings. The molecule has 0 N–H and O–H groups in total. The van der Waals surface area contributed by atoms with E-state index in [1.807, 2.05) is 23.8 Å². The summed E-state index contributed by atoms with van der Waals surface area (Å²) >= 11 is 0. The minimum absolute atomic E-state index is 0.0461. The van der Waals surface area contributed by atoms with Crippen LogP contribution in [0.2, 0.25) is 0 Å². The van der Waals surface area contributed by atoms with E-state index in [9.17, 15) is 13.6 Å². The van der Waals surface area contributed by atoms with Crippen molar-refractivity contribution in [2.75, 3.05) is 44.7 Å². The van der Waals surface area contributed by atoms with E-state index in [1.54, 1.807) is 0 Å². The highest BCUT2D eigenvalue weighted by Crippen LogP contribution is 2.44. The summed E-state index contributed by atoms with van der Waals surface area (Å²) in [5.41, 5.74) is -0.0103. The number of aromatic nitrogens is 4. The number of anilines is 1. The maximum Gasteiger partial charge on any atom is 0.290 e. The molecule has 5 rings (SSSR count). The first-order chi connectivity index (χ1) is 15.6. The van der Waals surface area contributed by atoms with E-state index in [2.05, 4.69) is 20.1 Å². The minimum Gasteiger partial charge on any atom is -0.340 e. The van der Waals surface area contributed by atoms with Gasteiger partial charge < -0.3 is 19.2 Å². The van der Waals surface area contributed by atoms with Crippen molar-refractivity contribution in [3.05, 3.63) is 17.1 Å². The van der Waals surface area contributed by atoms with Gasteiger partial charge in [0, 0.05) is 53.5 Å². The van der Waals surface area contributed by atoms with Crippen LogP contribution in [0.4, 0.5) is 14.7 Å². The van der Waals surface area contributed by atoms with E-state index in [-0.39, 0.29) is 41.2 Å². The van der Waals surface area contributed by atoms with E-state index >= 15 is 0 Å². The summed E-state index contributed by atoms with van der Waals surface area (Å²) in [5, 5.41) is 3.82. The molecule has 2 aliphatic heterocycles. The highest BCUT2D eigenvalue weighted by atomic mass is 19.3. The number of carbonyl (C=O) groups excluding carboxylic acids is 1. The maximum absolute atomic E-state index is 14.5. The van der Waals surface area contributed by atoms with Crippen LogP contribution >= 0.6 is 0 Å². The van der Waals surface area contributed by atoms with Crippen molar-refractivity contribution >= 4 is 11.9 Å². The van der Waals surface area contributed by atoms with Crippen LogP contribution in [0.5, 0.6) is 0 Å². The quantitative estimate of drug-likeness (QED) is 0.713. The first-order valence-electron chi connectivity index (χ1n) is 11.5. The third-order valence-electron chi connectivity index (χ3n) is 6.25. The van der Waals surface area contributed by atoms with Gasteiger partial charge in [0.2, 0.25) is 23.6 Å². The Labute approximate surface area is 181 Å². The number of hydrogen-bond donors (Lipinski definition) is 0.